The van der Waals surface area contributed by atoms with Crippen molar-refractivity contribution in [1.82, 2.24) is 4.98 Å². The van der Waals surface area contributed by atoms with Crippen LogP contribution in [0.4, 0.5) is 11.4 Å². The van der Waals surface area contributed by atoms with Crippen LogP contribution in [-0.4, -0.2) is 22.2 Å². The average Bonchev–Trinajstić information content (AvgIpc) is 2.80. The van der Waals surface area contributed by atoms with Gasteiger partial charge in [0.15, 0.2) is 5.88 Å². The van der Waals surface area contributed by atoms with E-state index in [0.717, 1.165) is 15.4 Å². The number of aromatic hydroxyl groups is 1. The van der Waals surface area contributed by atoms with Crippen LogP contribution in [0.15, 0.2) is 51.9 Å². The summed E-state index contributed by atoms with van der Waals surface area (Å²) < 4.78 is 0.923. The number of carbonyl (C=O) groups excluding carboxylic acids is 1. The maximum absolute atomic E-state index is 11.1. The highest BCUT2D eigenvalue weighted by Crippen LogP contribution is 2.29. The Morgan fingerprint density at radius 2 is 2.13 bits per heavy atom. The molecular formula is C17H14BrN3O2. The van der Waals surface area contributed by atoms with E-state index in [0.29, 0.717) is 16.9 Å². The SMILES string of the molecule is CC(=O)Nc1cccc(N=Cc2c(O)[nH]c3ccc(Br)cc23)c1. The highest BCUT2D eigenvalue weighted by Gasteiger charge is 2.09. The molecular weight excluding hydrogens is 358 g/mol. The van der Waals surface area contributed by atoms with Crippen molar-refractivity contribution in [3.05, 3.63) is 52.5 Å². The van der Waals surface area contributed by atoms with Crippen molar-refractivity contribution >= 4 is 50.3 Å². The van der Waals surface area contributed by atoms with Crippen LogP contribution in [0.1, 0.15) is 12.5 Å². The van der Waals surface area contributed by atoms with Crippen molar-refractivity contribution in [2.24, 2.45) is 4.99 Å². The van der Waals surface area contributed by atoms with Gasteiger partial charge in [-0.15, -0.1) is 0 Å². The molecule has 0 saturated carbocycles. The molecule has 1 aromatic heterocycles. The van der Waals surface area contributed by atoms with Gasteiger partial charge in [-0.2, -0.15) is 0 Å². The van der Waals surface area contributed by atoms with E-state index in [1.165, 1.54) is 6.92 Å². The molecule has 3 aromatic rings. The molecule has 0 radical (unpaired) electrons. The van der Waals surface area contributed by atoms with Crippen molar-refractivity contribution in [3.63, 3.8) is 0 Å². The van der Waals surface area contributed by atoms with E-state index in [9.17, 15) is 9.90 Å². The van der Waals surface area contributed by atoms with E-state index in [2.05, 4.69) is 31.2 Å². The molecule has 116 valence electrons. The van der Waals surface area contributed by atoms with E-state index >= 15 is 0 Å². The van der Waals surface area contributed by atoms with Crippen LogP contribution in [-0.2, 0) is 4.79 Å². The van der Waals surface area contributed by atoms with Crippen LogP contribution in [0.2, 0.25) is 0 Å². The predicted octanol–water partition coefficient (Wildman–Crippen LogP) is 4.35. The minimum atomic E-state index is -0.134. The lowest BCUT2D eigenvalue weighted by molar-refractivity contribution is -0.114. The number of H-pyrrole nitrogens is 1. The van der Waals surface area contributed by atoms with Crippen LogP contribution >= 0.6 is 15.9 Å². The van der Waals surface area contributed by atoms with Crippen molar-refractivity contribution in [2.45, 2.75) is 6.92 Å². The summed E-state index contributed by atoms with van der Waals surface area (Å²) in [7, 11) is 0. The molecule has 3 N–H and O–H groups in total. The largest absolute Gasteiger partial charge is 0.494 e. The second kappa shape index (κ2) is 6.26. The summed E-state index contributed by atoms with van der Waals surface area (Å²) in [5.74, 6) is -0.0647. The standard InChI is InChI=1S/C17H14BrN3O2/c1-10(22)20-13-4-2-3-12(8-13)19-9-15-14-7-11(18)5-6-16(14)21-17(15)23/h2-9,21,23H,1H3,(H,20,22). The number of anilines is 1. The molecule has 1 heterocycles. The molecule has 0 saturated heterocycles. The van der Waals surface area contributed by atoms with E-state index in [1.54, 1.807) is 18.3 Å². The predicted molar refractivity (Wildman–Crippen MR) is 95.7 cm³/mol. The Morgan fingerprint density at radius 1 is 1.30 bits per heavy atom. The summed E-state index contributed by atoms with van der Waals surface area (Å²) >= 11 is 3.42. The minimum Gasteiger partial charge on any atom is -0.494 e. The van der Waals surface area contributed by atoms with Crippen LogP contribution in [0.25, 0.3) is 10.9 Å². The van der Waals surface area contributed by atoms with Gasteiger partial charge in [0.2, 0.25) is 5.91 Å². The lowest BCUT2D eigenvalue weighted by Gasteiger charge is -2.02. The Hall–Kier alpha value is -2.60. The summed E-state index contributed by atoms with van der Waals surface area (Å²) in [6.45, 7) is 1.46. The number of hydrogen-bond donors (Lipinski definition) is 3. The molecule has 1 amide bonds. The number of fused-ring (bicyclic) bond motifs is 1. The molecule has 0 atom stereocenters. The van der Waals surface area contributed by atoms with Crippen LogP contribution in [0.3, 0.4) is 0 Å². The third kappa shape index (κ3) is 3.43. The van der Waals surface area contributed by atoms with Gasteiger partial charge in [-0.25, -0.2) is 0 Å². The van der Waals surface area contributed by atoms with Gasteiger partial charge in [0.05, 0.1) is 11.3 Å². The number of hydrogen-bond acceptors (Lipinski definition) is 3. The molecule has 23 heavy (non-hydrogen) atoms. The molecule has 3 rings (SSSR count). The second-order valence-electron chi connectivity index (χ2n) is 5.07. The quantitative estimate of drug-likeness (QED) is 0.598. The second-order valence-corrected chi connectivity index (χ2v) is 5.98. The van der Waals surface area contributed by atoms with Crippen molar-refractivity contribution in [1.29, 1.82) is 0 Å². The van der Waals surface area contributed by atoms with Crippen molar-refractivity contribution in [3.8, 4) is 5.88 Å². The molecule has 0 aliphatic heterocycles. The molecule has 6 heteroatoms. The number of amides is 1. The first-order valence-electron chi connectivity index (χ1n) is 6.95. The summed E-state index contributed by atoms with van der Waals surface area (Å²) in [6.07, 6.45) is 1.60. The normalized spacial score (nSPS) is 11.2. The third-order valence-electron chi connectivity index (χ3n) is 3.29. The van der Waals surface area contributed by atoms with Gasteiger partial charge in [-0.1, -0.05) is 22.0 Å². The highest BCUT2D eigenvalue weighted by molar-refractivity contribution is 9.10. The minimum absolute atomic E-state index is 0.0693. The number of nitrogens with zero attached hydrogens (tertiary/aromatic N) is 1. The van der Waals surface area contributed by atoms with E-state index in [1.807, 2.05) is 30.3 Å². The van der Waals surface area contributed by atoms with Crippen molar-refractivity contribution < 1.29 is 9.90 Å². The van der Waals surface area contributed by atoms with Gasteiger partial charge >= 0.3 is 0 Å². The summed E-state index contributed by atoms with van der Waals surface area (Å²) in [5, 5.41) is 13.6. The Bertz CT molecular complexity index is 915. The lowest BCUT2D eigenvalue weighted by atomic mass is 10.2. The van der Waals surface area contributed by atoms with Gasteiger partial charge in [0.1, 0.15) is 0 Å². The number of nitrogens with one attached hydrogen (secondary N) is 2. The molecule has 0 bridgehead atoms. The van der Waals surface area contributed by atoms with Crippen LogP contribution in [0.5, 0.6) is 5.88 Å². The number of carbonyl (C=O) groups is 1. The molecule has 0 unspecified atom stereocenters. The van der Waals surface area contributed by atoms with E-state index in [-0.39, 0.29) is 11.8 Å². The summed E-state index contributed by atoms with van der Waals surface area (Å²) in [6, 6.07) is 12.9. The maximum Gasteiger partial charge on any atom is 0.221 e. The fraction of sp³-hybridized carbons (Fsp3) is 0.0588. The van der Waals surface area contributed by atoms with Crippen LogP contribution < -0.4 is 5.32 Å². The summed E-state index contributed by atoms with van der Waals surface area (Å²) in [4.78, 5) is 18.4. The zero-order valence-corrected chi connectivity index (χ0v) is 13.9. The number of aliphatic imine (C=N–C) groups is 1. The molecule has 5 nitrogen and oxygen atoms in total. The van der Waals surface area contributed by atoms with Gasteiger partial charge in [0.25, 0.3) is 0 Å². The maximum atomic E-state index is 11.1. The monoisotopic (exact) mass is 371 g/mol. The first kappa shape index (κ1) is 15.3. The number of halogens is 1. The van der Waals surface area contributed by atoms with Gasteiger partial charge < -0.3 is 15.4 Å². The molecule has 0 aliphatic carbocycles. The smallest absolute Gasteiger partial charge is 0.221 e. The fourth-order valence-electron chi connectivity index (χ4n) is 2.31. The van der Waals surface area contributed by atoms with E-state index in [4.69, 9.17) is 0 Å². The van der Waals surface area contributed by atoms with Crippen molar-refractivity contribution in [2.75, 3.05) is 5.32 Å². The zero-order valence-electron chi connectivity index (χ0n) is 12.3. The van der Waals surface area contributed by atoms with Gasteiger partial charge in [0, 0.05) is 34.2 Å². The Balaban J connectivity index is 1.95. The number of benzene rings is 2. The number of aromatic nitrogens is 1. The molecule has 0 fully saturated rings. The third-order valence-corrected chi connectivity index (χ3v) is 3.78. The van der Waals surface area contributed by atoms with E-state index < -0.39 is 0 Å². The zero-order chi connectivity index (χ0) is 16.4. The Morgan fingerprint density at radius 3 is 2.91 bits per heavy atom. The highest BCUT2D eigenvalue weighted by atomic mass is 79.9. The Labute approximate surface area is 141 Å². The molecule has 2 aromatic carbocycles. The first-order valence-corrected chi connectivity index (χ1v) is 7.74. The number of rotatable bonds is 3. The first-order chi connectivity index (χ1) is 11.0. The van der Waals surface area contributed by atoms with Crippen LogP contribution in [0, 0.1) is 0 Å². The molecule has 0 spiro atoms. The Kier molecular flexibility index (Phi) is 4.16. The number of aromatic amines is 1. The lowest BCUT2D eigenvalue weighted by Crippen LogP contribution is -2.05. The fourth-order valence-corrected chi connectivity index (χ4v) is 2.67. The average molecular weight is 372 g/mol. The van der Waals surface area contributed by atoms with Gasteiger partial charge in [-0.3, -0.25) is 9.79 Å². The summed E-state index contributed by atoms with van der Waals surface area (Å²) in [5.41, 5.74) is 2.81. The topological polar surface area (TPSA) is 77.5 Å². The van der Waals surface area contributed by atoms with Gasteiger partial charge in [-0.05, 0) is 36.4 Å². The molecule has 0 aliphatic rings.